The Morgan fingerprint density at radius 3 is 2.43 bits per heavy atom. The first kappa shape index (κ1) is 22.6. The van der Waals surface area contributed by atoms with E-state index in [0.717, 1.165) is 89.8 Å². The van der Waals surface area contributed by atoms with Gasteiger partial charge in [0.05, 0.1) is 11.7 Å². The number of hydrogen-bond donors (Lipinski definition) is 1. The molecule has 2 saturated heterocycles. The van der Waals surface area contributed by atoms with Crippen molar-refractivity contribution < 1.29 is 4.79 Å². The number of aliphatic imine (C=N–C) groups is 1. The lowest BCUT2D eigenvalue weighted by Crippen LogP contribution is -2.57. The fourth-order valence-electron chi connectivity index (χ4n) is 4.41. The second kappa shape index (κ2) is 10.8. The number of piperazine rings is 1. The van der Waals surface area contributed by atoms with Crippen LogP contribution in [0.15, 0.2) is 11.1 Å². The number of amides is 1. The van der Waals surface area contributed by atoms with Gasteiger partial charge in [0, 0.05) is 64.6 Å². The number of carbonyl (C=O) groups excluding carboxylic acids is 1. The lowest BCUT2D eigenvalue weighted by Gasteiger charge is -2.39. The summed E-state index contributed by atoms with van der Waals surface area (Å²) in [6, 6.07) is 2.09. The Kier molecular flexibility index (Phi) is 8.13. The summed E-state index contributed by atoms with van der Waals surface area (Å²) in [4.78, 5) is 24.2. The molecule has 3 rings (SSSR count). The second-order valence-electron chi connectivity index (χ2n) is 8.47. The molecule has 2 fully saturated rings. The van der Waals surface area contributed by atoms with Gasteiger partial charge in [0.25, 0.3) is 0 Å². The zero-order valence-electron chi connectivity index (χ0n) is 19.2. The van der Waals surface area contributed by atoms with Crippen LogP contribution in [-0.4, -0.2) is 94.7 Å². The van der Waals surface area contributed by atoms with Gasteiger partial charge in [-0.2, -0.15) is 5.10 Å². The summed E-state index contributed by atoms with van der Waals surface area (Å²) in [5.74, 6) is 1.29. The summed E-state index contributed by atoms with van der Waals surface area (Å²) in [6.07, 6.45) is 3.26. The first-order valence-corrected chi connectivity index (χ1v) is 11.6. The fourth-order valence-corrected chi connectivity index (χ4v) is 4.41. The van der Waals surface area contributed by atoms with Crippen LogP contribution in [0.5, 0.6) is 0 Å². The van der Waals surface area contributed by atoms with E-state index in [2.05, 4.69) is 51.7 Å². The largest absolute Gasteiger partial charge is 0.357 e. The number of carbonyl (C=O) groups is 1. The van der Waals surface area contributed by atoms with E-state index in [1.54, 1.807) is 0 Å². The zero-order valence-corrected chi connectivity index (χ0v) is 19.2. The molecule has 1 amide bonds. The molecular formula is C22H39N7O. The van der Waals surface area contributed by atoms with Gasteiger partial charge in [-0.3, -0.25) is 19.4 Å². The molecule has 30 heavy (non-hydrogen) atoms. The van der Waals surface area contributed by atoms with Crippen LogP contribution in [0.1, 0.15) is 44.5 Å². The molecule has 168 valence electrons. The van der Waals surface area contributed by atoms with Gasteiger partial charge in [0.1, 0.15) is 0 Å². The van der Waals surface area contributed by atoms with Crippen LogP contribution < -0.4 is 5.32 Å². The molecule has 0 spiro atoms. The molecule has 1 N–H and O–H groups in total. The maximum absolute atomic E-state index is 12.7. The summed E-state index contributed by atoms with van der Waals surface area (Å²) in [6.45, 7) is 16.3. The number of rotatable bonds is 7. The predicted octanol–water partition coefficient (Wildman–Crippen LogP) is 1.48. The first-order chi connectivity index (χ1) is 14.5. The van der Waals surface area contributed by atoms with Crippen LogP contribution in [0.2, 0.25) is 0 Å². The lowest BCUT2D eigenvalue weighted by molar-refractivity contribution is -0.135. The number of guanidine groups is 1. The van der Waals surface area contributed by atoms with Gasteiger partial charge in [-0.05, 0) is 53.0 Å². The molecule has 0 bridgehead atoms. The van der Waals surface area contributed by atoms with Crippen molar-refractivity contribution >= 4 is 11.9 Å². The predicted molar refractivity (Wildman–Crippen MR) is 121 cm³/mol. The molecule has 2 aliphatic rings. The number of aromatic nitrogens is 2. The Balaban J connectivity index is 1.47. The van der Waals surface area contributed by atoms with E-state index in [1.807, 2.05) is 11.8 Å². The highest BCUT2D eigenvalue weighted by Gasteiger charge is 2.30. The molecule has 0 radical (unpaired) electrons. The highest BCUT2D eigenvalue weighted by Crippen LogP contribution is 2.14. The van der Waals surface area contributed by atoms with Crippen LogP contribution in [0.3, 0.4) is 0 Å². The maximum atomic E-state index is 12.7. The minimum Gasteiger partial charge on any atom is -0.357 e. The molecule has 0 aromatic carbocycles. The van der Waals surface area contributed by atoms with E-state index in [-0.39, 0.29) is 6.04 Å². The molecule has 1 atom stereocenters. The van der Waals surface area contributed by atoms with Gasteiger partial charge in [0.15, 0.2) is 5.96 Å². The Hall–Kier alpha value is -2.09. The summed E-state index contributed by atoms with van der Waals surface area (Å²) in [7, 11) is 0. The minimum absolute atomic E-state index is 0.0226. The molecule has 0 saturated carbocycles. The molecule has 2 aliphatic heterocycles. The number of nitrogens with one attached hydrogen (secondary N) is 1. The quantitative estimate of drug-likeness (QED) is 0.414. The van der Waals surface area contributed by atoms with Gasteiger partial charge in [-0.1, -0.05) is 0 Å². The van der Waals surface area contributed by atoms with E-state index in [0.29, 0.717) is 5.91 Å². The monoisotopic (exact) mass is 417 g/mol. The molecule has 1 unspecified atom stereocenters. The van der Waals surface area contributed by atoms with Crippen LogP contribution in [-0.2, 0) is 11.3 Å². The highest BCUT2D eigenvalue weighted by molar-refractivity contribution is 5.82. The van der Waals surface area contributed by atoms with Gasteiger partial charge in [0.2, 0.25) is 5.91 Å². The van der Waals surface area contributed by atoms with Crippen LogP contribution >= 0.6 is 0 Å². The van der Waals surface area contributed by atoms with Gasteiger partial charge >= 0.3 is 0 Å². The minimum atomic E-state index is -0.0226. The van der Waals surface area contributed by atoms with Crippen molar-refractivity contribution in [2.75, 3.05) is 52.4 Å². The number of hydrogen-bond acceptors (Lipinski definition) is 4. The van der Waals surface area contributed by atoms with E-state index >= 15 is 0 Å². The Morgan fingerprint density at radius 2 is 1.83 bits per heavy atom. The SMILES string of the molecule is CCNC(=NCCCn1nc(C)cc1C)N1CCN(C(C)C(=O)N2CCCC2)CC1. The van der Waals surface area contributed by atoms with Crippen LogP contribution in [0.25, 0.3) is 0 Å². The standard InChI is InChI=1S/C22H39N7O/c1-5-23-22(24-9-8-12-29-19(3)17-18(2)25-29)28-15-13-26(14-16-28)20(4)21(30)27-10-6-7-11-27/h17,20H,5-16H2,1-4H3,(H,23,24). The van der Waals surface area contributed by atoms with Gasteiger partial charge < -0.3 is 15.1 Å². The van der Waals surface area contributed by atoms with Crippen molar-refractivity contribution in [3.63, 3.8) is 0 Å². The Labute approximate surface area is 181 Å². The summed E-state index contributed by atoms with van der Waals surface area (Å²) >= 11 is 0. The third-order valence-electron chi connectivity index (χ3n) is 6.16. The van der Waals surface area contributed by atoms with Crippen LogP contribution in [0.4, 0.5) is 0 Å². The van der Waals surface area contributed by atoms with Crippen molar-refractivity contribution in [2.45, 2.75) is 59.5 Å². The smallest absolute Gasteiger partial charge is 0.239 e. The Morgan fingerprint density at radius 1 is 1.13 bits per heavy atom. The van der Waals surface area contributed by atoms with E-state index < -0.39 is 0 Å². The topological polar surface area (TPSA) is 69.0 Å². The van der Waals surface area contributed by atoms with Gasteiger partial charge in [-0.15, -0.1) is 0 Å². The molecule has 1 aromatic heterocycles. The molecular weight excluding hydrogens is 378 g/mol. The number of nitrogens with zero attached hydrogens (tertiary/aromatic N) is 6. The molecule has 1 aromatic rings. The Bertz CT molecular complexity index is 715. The van der Waals surface area contributed by atoms with Crippen molar-refractivity contribution in [1.29, 1.82) is 0 Å². The highest BCUT2D eigenvalue weighted by atomic mass is 16.2. The zero-order chi connectivity index (χ0) is 21.5. The van der Waals surface area contributed by atoms with Crippen molar-refractivity contribution in [3.8, 4) is 0 Å². The van der Waals surface area contributed by atoms with Crippen molar-refractivity contribution in [1.82, 2.24) is 29.8 Å². The fraction of sp³-hybridized carbons (Fsp3) is 0.773. The van der Waals surface area contributed by atoms with Crippen LogP contribution in [0, 0.1) is 13.8 Å². The first-order valence-electron chi connectivity index (χ1n) is 11.6. The summed E-state index contributed by atoms with van der Waals surface area (Å²) in [5, 5.41) is 7.96. The number of likely N-dealkylation sites (tertiary alicyclic amines) is 1. The molecule has 0 aliphatic carbocycles. The van der Waals surface area contributed by atoms with Crippen molar-refractivity contribution in [3.05, 3.63) is 17.5 Å². The summed E-state index contributed by atoms with van der Waals surface area (Å²) in [5.41, 5.74) is 2.27. The molecule has 3 heterocycles. The third-order valence-corrected chi connectivity index (χ3v) is 6.16. The van der Waals surface area contributed by atoms with Gasteiger partial charge in [-0.25, -0.2) is 0 Å². The average molecular weight is 418 g/mol. The summed E-state index contributed by atoms with van der Waals surface area (Å²) < 4.78 is 2.06. The third kappa shape index (κ3) is 5.74. The van der Waals surface area contributed by atoms with E-state index in [1.165, 1.54) is 5.69 Å². The van der Waals surface area contributed by atoms with E-state index in [9.17, 15) is 4.79 Å². The second-order valence-corrected chi connectivity index (χ2v) is 8.47. The maximum Gasteiger partial charge on any atom is 0.239 e. The molecule has 8 heteroatoms. The lowest BCUT2D eigenvalue weighted by atomic mass is 10.2. The normalized spacial score (nSPS) is 19.4. The van der Waals surface area contributed by atoms with Crippen molar-refractivity contribution in [2.24, 2.45) is 4.99 Å². The molecule has 8 nitrogen and oxygen atoms in total. The number of aryl methyl sites for hydroxylation is 3. The average Bonchev–Trinajstić information content (AvgIpc) is 3.39. The van der Waals surface area contributed by atoms with E-state index in [4.69, 9.17) is 4.99 Å².